The Morgan fingerprint density at radius 2 is 2.11 bits per heavy atom. The molecule has 0 unspecified atom stereocenters. The highest BCUT2D eigenvalue weighted by atomic mass is 16.5. The fourth-order valence-electron chi connectivity index (χ4n) is 2.75. The van der Waals surface area contributed by atoms with Crippen molar-refractivity contribution >= 4 is 0 Å². The van der Waals surface area contributed by atoms with Crippen LogP contribution in [0.1, 0.15) is 45.4 Å². The van der Waals surface area contributed by atoms with Crippen molar-refractivity contribution in [1.29, 1.82) is 0 Å². The van der Waals surface area contributed by atoms with E-state index in [9.17, 15) is 0 Å². The van der Waals surface area contributed by atoms with E-state index in [0.717, 1.165) is 24.7 Å². The smallest absolute Gasteiger partial charge is 0.0988 e. The molecule has 0 aliphatic heterocycles. The Bertz CT molecular complexity index is 319. The zero-order chi connectivity index (χ0) is 13.5. The van der Waals surface area contributed by atoms with Gasteiger partial charge in [-0.15, -0.1) is 0 Å². The topological polar surface area (TPSA) is 44.5 Å². The molecule has 2 aliphatic carbocycles. The van der Waals surface area contributed by atoms with Crippen molar-refractivity contribution < 1.29 is 9.47 Å². The highest BCUT2D eigenvalue weighted by molar-refractivity contribution is 5.17. The largest absolute Gasteiger partial charge is 0.498 e. The molecule has 108 valence electrons. The van der Waals surface area contributed by atoms with Gasteiger partial charge in [0, 0.05) is 13.0 Å². The second-order valence-corrected chi connectivity index (χ2v) is 5.76. The molecular formula is C16H27NO2. The van der Waals surface area contributed by atoms with Crippen LogP contribution in [-0.4, -0.2) is 25.4 Å². The van der Waals surface area contributed by atoms with Gasteiger partial charge in [-0.2, -0.15) is 0 Å². The van der Waals surface area contributed by atoms with E-state index in [1.165, 1.54) is 32.1 Å². The second kappa shape index (κ2) is 7.71. The predicted molar refractivity (Wildman–Crippen MR) is 77.8 cm³/mol. The van der Waals surface area contributed by atoms with E-state index >= 15 is 0 Å². The molecule has 0 amide bonds. The summed E-state index contributed by atoms with van der Waals surface area (Å²) in [7, 11) is 0. The van der Waals surface area contributed by atoms with Gasteiger partial charge in [0.05, 0.1) is 24.6 Å². The number of hydrogen-bond acceptors (Lipinski definition) is 3. The van der Waals surface area contributed by atoms with Crippen LogP contribution in [0.4, 0.5) is 0 Å². The Balaban J connectivity index is 1.71. The second-order valence-electron chi connectivity index (χ2n) is 5.76. The van der Waals surface area contributed by atoms with E-state index in [1.54, 1.807) is 0 Å². The van der Waals surface area contributed by atoms with Gasteiger partial charge in [0.15, 0.2) is 0 Å². The monoisotopic (exact) mass is 265 g/mol. The van der Waals surface area contributed by atoms with Gasteiger partial charge in [0.2, 0.25) is 0 Å². The van der Waals surface area contributed by atoms with Gasteiger partial charge in [0.25, 0.3) is 0 Å². The fourth-order valence-corrected chi connectivity index (χ4v) is 2.75. The minimum absolute atomic E-state index is 0.104. The van der Waals surface area contributed by atoms with Crippen molar-refractivity contribution in [3.63, 3.8) is 0 Å². The third-order valence-electron chi connectivity index (χ3n) is 3.98. The molecule has 0 heterocycles. The van der Waals surface area contributed by atoms with E-state index in [-0.39, 0.29) is 12.2 Å². The molecule has 3 nitrogen and oxygen atoms in total. The van der Waals surface area contributed by atoms with Gasteiger partial charge in [0.1, 0.15) is 0 Å². The lowest BCUT2D eigenvalue weighted by Crippen LogP contribution is -2.27. The van der Waals surface area contributed by atoms with E-state index < -0.39 is 0 Å². The highest BCUT2D eigenvalue weighted by Gasteiger charge is 2.18. The lowest BCUT2D eigenvalue weighted by atomic mass is 9.90. The molecule has 2 aliphatic rings. The minimum Gasteiger partial charge on any atom is -0.498 e. The lowest BCUT2D eigenvalue weighted by Gasteiger charge is -2.25. The van der Waals surface area contributed by atoms with Crippen LogP contribution in [0.15, 0.2) is 24.0 Å². The summed E-state index contributed by atoms with van der Waals surface area (Å²) in [6.45, 7) is 3.44. The van der Waals surface area contributed by atoms with Crippen LogP contribution in [-0.2, 0) is 9.47 Å². The third-order valence-corrected chi connectivity index (χ3v) is 3.98. The first-order valence-corrected chi connectivity index (χ1v) is 7.63. The number of rotatable bonds is 6. The molecule has 2 rings (SSSR count). The van der Waals surface area contributed by atoms with Crippen LogP contribution in [0.5, 0.6) is 0 Å². The van der Waals surface area contributed by atoms with Crippen LogP contribution in [0.2, 0.25) is 0 Å². The Morgan fingerprint density at radius 3 is 2.84 bits per heavy atom. The molecular weight excluding hydrogens is 238 g/mol. The summed E-state index contributed by atoms with van der Waals surface area (Å²) in [5.41, 5.74) is 5.59. The molecule has 0 saturated heterocycles. The predicted octanol–water partition coefficient (Wildman–Crippen LogP) is 3.16. The summed E-state index contributed by atoms with van der Waals surface area (Å²) in [5, 5.41) is 0. The Hall–Kier alpha value is -0.800. The minimum atomic E-state index is 0.104. The van der Waals surface area contributed by atoms with Crippen LogP contribution >= 0.6 is 0 Å². The maximum Gasteiger partial charge on any atom is 0.0988 e. The van der Waals surface area contributed by atoms with Gasteiger partial charge in [-0.05, 0) is 31.8 Å². The number of hydrogen-bond donors (Lipinski definition) is 1. The number of ether oxygens (including phenoxy) is 2. The molecule has 2 N–H and O–H groups in total. The van der Waals surface area contributed by atoms with E-state index in [1.807, 2.05) is 13.0 Å². The maximum absolute atomic E-state index is 5.97. The quantitative estimate of drug-likeness (QED) is 0.802. The summed E-state index contributed by atoms with van der Waals surface area (Å²) in [5.74, 6) is 1.81. The van der Waals surface area contributed by atoms with Crippen molar-refractivity contribution in [2.75, 3.05) is 13.2 Å². The van der Waals surface area contributed by atoms with Gasteiger partial charge in [-0.1, -0.05) is 31.4 Å². The SMILES string of the molecule is C[C@@H](CN)O[C@@H]1C=CC=C(OCC2CCCCC2)C1. The van der Waals surface area contributed by atoms with Crippen molar-refractivity contribution in [1.82, 2.24) is 0 Å². The Kier molecular flexibility index (Phi) is 5.93. The average Bonchev–Trinajstić information content (AvgIpc) is 2.46. The number of allylic oxidation sites excluding steroid dienone is 2. The standard InChI is InChI=1S/C16H27NO2/c1-13(11-17)19-16-9-5-8-15(10-16)18-12-14-6-3-2-4-7-14/h5,8-9,13-14,16H,2-4,6-7,10-12,17H2,1H3/t13-,16+/m0/s1. The molecule has 19 heavy (non-hydrogen) atoms. The van der Waals surface area contributed by atoms with E-state index in [2.05, 4.69) is 12.2 Å². The Labute approximate surface area is 116 Å². The third kappa shape index (κ3) is 5.00. The van der Waals surface area contributed by atoms with Gasteiger partial charge in [-0.3, -0.25) is 0 Å². The van der Waals surface area contributed by atoms with E-state index in [0.29, 0.717) is 6.54 Å². The summed E-state index contributed by atoms with van der Waals surface area (Å²) < 4.78 is 11.8. The molecule has 0 radical (unpaired) electrons. The highest BCUT2D eigenvalue weighted by Crippen LogP contribution is 2.26. The van der Waals surface area contributed by atoms with Gasteiger partial charge >= 0.3 is 0 Å². The normalized spacial score (nSPS) is 26.0. The zero-order valence-corrected chi connectivity index (χ0v) is 12.0. The molecule has 0 aromatic rings. The van der Waals surface area contributed by atoms with Crippen LogP contribution < -0.4 is 5.73 Å². The first kappa shape index (κ1) is 14.6. The fraction of sp³-hybridized carbons (Fsp3) is 0.750. The Morgan fingerprint density at radius 1 is 1.32 bits per heavy atom. The summed E-state index contributed by atoms with van der Waals surface area (Å²) in [6.07, 6.45) is 14.0. The molecule has 0 aromatic heterocycles. The maximum atomic E-state index is 5.97. The van der Waals surface area contributed by atoms with Gasteiger partial charge < -0.3 is 15.2 Å². The van der Waals surface area contributed by atoms with E-state index in [4.69, 9.17) is 15.2 Å². The molecule has 3 heteroatoms. The lowest BCUT2D eigenvalue weighted by molar-refractivity contribution is 0.0174. The summed E-state index contributed by atoms with van der Waals surface area (Å²) >= 11 is 0. The molecule has 0 bridgehead atoms. The first-order chi connectivity index (χ1) is 9.28. The van der Waals surface area contributed by atoms with Crippen molar-refractivity contribution in [3.05, 3.63) is 24.0 Å². The molecule has 0 spiro atoms. The molecule has 2 atom stereocenters. The van der Waals surface area contributed by atoms with Crippen molar-refractivity contribution in [2.24, 2.45) is 11.7 Å². The van der Waals surface area contributed by atoms with Crippen molar-refractivity contribution in [3.8, 4) is 0 Å². The average molecular weight is 265 g/mol. The zero-order valence-electron chi connectivity index (χ0n) is 12.0. The van der Waals surface area contributed by atoms with Crippen LogP contribution in [0.25, 0.3) is 0 Å². The van der Waals surface area contributed by atoms with Crippen LogP contribution in [0, 0.1) is 5.92 Å². The molecule has 0 aromatic carbocycles. The van der Waals surface area contributed by atoms with Crippen LogP contribution in [0.3, 0.4) is 0 Å². The molecule has 1 fully saturated rings. The van der Waals surface area contributed by atoms with Gasteiger partial charge in [-0.25, -0.2) is 0 Å². The summed E-state index contributed by atoms with van der Waals surface area (Å²) in [4.78, 5) is 0. The first-order valence-electron chi connectivity index (χ1n) is 7.63. The molecule has 1 saturated carbocycles. The van der Waals surface area contributed by atoms with Crippen molar-refractivity contribution in [2.45, 2.75) is 57.7 Å². The summed E-state index contributed by atoms with van der Waals surface area (Å²) in [6, 6.07) is 0. The number of nitrogens with two attached hydrogens (primary N) is 1.